The second-order valence-electron chi connectivity index (χ2n) is 32.5. The number of rotatable bonds is 86. The van der Waals surface area contributed by atoms with E-state index < -0.39 is 43.3 Å². The predicted molar refractivity (Wildman–Crippen MR) is 452 cm³/mol. The maximum atomic E-state index is 12.9. The minimum atomic E-state index is -1.50. The number of hydrogen-bond acceptors (Lipinski definition) is 36. The van der Waals surface area contributed by atoms with Crippen molar-refractivity contribution in [2.75, 3.05) is 317 Å². The number of nitrogens with zero attached hydrogens (tertiary/aromatic N) is 3. The molecule has 1 saturated heterocycles. The highest BCUT2D eigenvalue weighted by molar-refractivity contribution is 5.77. The van der Waals surface area contributed by atoms with Crippen molar-refractivity contribution in [1.82, 2.24) is 15.0 Å². The normalized spacial score (nSPS) is 23.3. The maximum absolute atomic E-state index is 12.9. The van der Waals surface area contributed by atoms with Crippen molar-refractivity contribution in [3.05, 3.63) is 23.5 Å². The molecule has 730 valence electrons. The van der Waals surface area contributed by atoms with E-state index in [1.165, 1.54) is 56.9 Å². The lowest BCUT2D eigenvalue weighted by Gasteiger charge is -2.58. The highest BCUT2D eigenvalue weighted by Crippen LogP contribution is 2.67. The summed E-state index contributed by atoms with van der Waals surface area (Å²) in [6.45, 7) is 31.8. The number of allylic oxidation sites excluding steroid dienone is 1. The second kappa shape index (κ2) is 72.2. The van der Waals surface area contributed by atoms with E-state index >= 15 is 0 Å². The van der Waals surface area contributed by atoms with Crippen LogP contribution in [0.4, 0.5) is 0 Å². The Bertz CT molecular complexity index is 2760. The fourth-order valence-electron chi connectivity index (χ4n) is 16.4. The Labute approximate surface area is 742 Å². The number of aliphatic hydroxyl groups excluding tert-OH is 4. The van der Waals surface area contributed by atoms with Gasteiger partial charge < -0.3 is 144 Å². The minimum absolute atomic E-state index is 0.00625. The average Bonchev–Trinajstić information content (AvgIpc) is 1.67. The largest absolute Gasteiger partial charge is 0.463 e. The molecule has 125 heavy (non-hydrogen) atoms. The highest BCUT2D eigenvalue weighted by Gasteiger charge is 2.59. The first kappa shape index (κ1) is 110. The molecule has 6 rings (SSSR count). The predicted octanol–water partition coefficient (Wildman–Crippen LogP) is 5.18. The third kappa shape index (κ3) is 49.3. The van der Waals surface area contributed by atoms with Crippen molar-refractivity contribution in [3.63, 3.8) is 0 Å². The fraction of sp³-hybridized carbons (Fsp3) is 0.932. The standard InChI is InChI=1S/C88H159N3O34/c1-71(2)7-6-8-72(3)77-11-12-78-76-10-9-73-67-75(15-17-87(73,4)79(76)16-18-88(77,78)5)124-82(94)14-13-81(93)120-64-61-118-59-57-116-55-53-114-51-49-112-47-45-110-43-41-108-39-37-106-35-33-104-31-29-102-27-25-100-23-21-99-22-24-101-26-28-103-30-32-105-34-36-107-38-40-109-42-44-111-46-48-113-50-52-115-54-56-117-58-60-119-63-66-122-123-70-74-68-91(90-89-74)19-20-98-62-65-121-86-85(97)84(96)83(95)80(69-92)125-86/h9,68,71-72,75-80,83-86,92,95-97H,6-8,10-67,69-70H2,1-5H3/t72-,75+,76+,77-,78+,79+,80?,83-,84-,85?,86+,87+,88-/m1/s1. The van der Waals surface area contributed by atoms with Gasteiger partial charge in [0.25, 0.3) is 0 Å². The van der Waals surface area contributed by atoms with Gasteiger partial charge in [-0.1, -0.05) is 70.7 Å². The van der Waals surface area contributed by atoms with Gasteiger partial charge >= 0.3 is 11.9 Å². The summed E-state index contributed by atoms with van der Waals surface area (Å²) in [7, 11) is 0. The van der Waals surface area contributed by atoms with E-state index in [2.05, 4.69) is 51.0 Å². The molecule has 1 aromatic rings. The SMILES string of the molecule is CC(C)CCC[C@@H](C)[C@H]1CC[C@H]2[C@@H]3CC=C4C[C@@H](OC(=O)CCC(=O)OCCOCCOCCOCCOCCOCCOCCOCCOCCOCCOCCOCCOCCOCCOCCOCCOCCOCCOCCOCCOCCOCCOOCc5cn(CCOCCO[C@H]6OC(CO)[C@@H](O)[C@@H](O)C6O)nn5)CC[C@]4(C)[C@H]3CC[C@]12C. The number of aromatic nitrogens is 3. The second-order valence-corrected chi connectivity index (χ2v) is 32.5. The smallest absolute Gasteiger partial charge is 0.306 e. The minimum Gasteiger partial charge on any atom is -0.463 e. The van der Waals surface area contributed by atoms with Crippen LogP contribution < -0.4 is 0 Å². The molecule has 37 heteroatoms. The number of carbonyl (C=O) groups excluding carboxylic acids is 2. The summed E-state index contributed by atoms with van der Waals surface area (Å²) in [5, 5.41) is 47.0. The van der Waals surface area contributed by atoms with Crippen LogP contribution in [0.5, 0.6) is 0 Å². The summed E-state index contributed by atoms with van der Waals surface area (Å²) in [4.78, 5) is 35.6. The van der Waals surface area contributed by atoms with E-state index in [4.69, 9.17) is 133 Å². The Morgan fingerprint density at radius 3 is 1.27 bits per heavy atom. The quantitative estimate of drug-likeness (QED) is 0.0214. The number of esters is 2. The van der Waals surface area contributed by atoms with Crippen LogP contribution in [-0.2, 0) is 156 Å². The molecular formula is C88H159N3O34. The van der Waals surface area contributed by atoms with Crippen LogP contribution >= 0.6 is 0 Å². The van der Waals surface area contributed by atoms with Gasteiger partial charge in [0.05, 0.1) is 329 Å². The maximum Gasteiger partial charge on any atom is 0.306 e. The van der Waals surface area contributed by atoms with E-state index in [1.807, 2.05) is 0 Å². The molecule has 0 aromatic carbocycles. The Morgan fingerprint density at radius 1 is 0.448 bits per heavy atom. The molecule has 4 aliphatic carbocycles. The first-order valence-electron chi connectivity index (χ1n) is 46.0. The molecule has 1 aliphatic heterocycles. The van der Waals surface area contributed by atoms with Crippen LogP contribution in [0.1, 0.15) is 124 Å². The Balaban J connectivity index is 0.533. The van der Waals surface area contributed by atoms with Gasteiger partial charge in [0.2, 0.25) is 0 Å². The summed E-state index contributed by atoms with van der Waals surface area (Å²) in [6.07, 6.45) is 11.0. The van der Waals surface area contributed by atoms with Crippen LogP contribution in [-0.4, -0.2) is 401 Å². The molecule has 0 radical (unpaired) electrons. The third-order valence-electron chi connectivity index (χ3n) is 23.0. The van der Waals surface area contributed by atoms with Gasteiger partial charge in [-0.25, -0.2) is 14.5 Å². The van der Waals surface area contributed by atoms with Crippen molar-refractivity contribution in [2.24, 2.45) is 46.3 Å². The molecule has 0 spiro atoms. The summed E-state index contributed by atoms with van der Waals surface area (Å²) in [6, 6.07) is 0. The molecular weight excluding hydrogens is 1640 g/mol. The molecule has 13 atom stereocenters. The summed E-state index contributed by atoms with van der Waals surface area (Å²) >= 11 is 0. The van der Waals surface area contributed by atoms with Crippen LogP contribution in [0.3, 0.4) is 0 Å². The number of hydrogen-bond donors (Lipinski definition) is 4. The highest BCUT2D eigenvalue weighted by atomic mass is 17.2. The van der Waals surface area contributed by atoms with Crippen molar-refractivity contribution >= 4 is 11.9 Å². The van der Waals surface area contributed by atoms with Gasteiger partial charge in [-0.3, -0.25) is 9.59 Å². The van der Waals surface area contributed by atoms with Gasteiger partial charge in [0.15, 0.2) is 6.29 Å². The van der Waals surface area contributed by atoms with Crippen molar-refractivity contribution < 1.29 is 163 Å². The lowest BCUT2D eigenvalue weighted by atomic mass is 9.47. The van der Waals surface area contributed by atoms with E-state index in [1.54, 1.807) is 10.9 Å². The first-order valence-corrected chi connectivity index (χ1v) is 46.0. The summed E-state index contributed by atoms with van der Waals surface area (Å²) < 4.78 is 145. The van der Waals surface area contributed by atoms with Crippen molar-refractivity contribution in [3.8, 4) is 0 Å². The van der Waals surface area contributed by atoms with Gasteiger partial charge in [-0.2, -0.15) is 0 Å². The molecule has 37 nitrogen and oxygen atoms in total. The monoisotopic (exact) mass is 1800 g/mol. The molecule has 5 aliphatic rings. The van der Waals surface area contributed by atoms with Crippen LogP contribution in [0.25, 0.3) is 0 Å². The third-order valence-corrected chi connectivity index (χ3v) is 23.0. The number of ether oxygens (including phenoxy) is 26. The van der Waals surface area contributed by atoms with Gasteiger partial charge in [0, 0.05) is 6.42 Å². The molecule has 4 N–H and O–H groups in total. The van der Waals surface area contributed by atoms with Crippen LogP contribution in [0, 0.1) is 46.3 Å². The van der Waals surface area contributed by atoms with Gasteiger partial charge in [-0.05, 0) is 91.3 Å². The number of aliphatic hydroxyl groups is 4. The zero-order valence-corrected chi connectivity index (χ0v) is 76.0. The van der Waals surface area contributed by atoms with Gasteiger partial charge in [0.1, 0.15) is 56.0 Å². The molecule has 0 bridgehead atoms. The van der Waals surface area contributed by atoms with E-state index in [0.29, 0.717) is 295 Å². The molecule has 4 fully saturated rings. The summed E-state index contributed by atoms with van der Waals surface area (Å²) in [5.74, 6) is 4.02. The summed E-state index contributed by atoms with van der Waals surface area (Å²) in [5.41, 5.74) is 2.73. The van der Waals surface area contributed by atoms with Gasteiger partial charge in [-0.15, -0.1) is 5.10 Å². The van der Waals surface area contributed by atoms with E-state index in [-0.39, 0.29) is 70.0 Å². The number of fused-ring (bicyclic) bond motifs is 5. The Morgan fingerprint density at radius 2 is 0.848 bits per heavy atom. The lowest BCUT2D eigenvalue weighted by molar-refractivity contribution is -0.309. The number of carbonyl (C=O) groups is 2. The van der Waals surface area contributed by atoms with Crippen LogP contribution in [0.2, 0.25) is 0 Å². The van der Waals surface area contributed by atoms with E-state index in [9.17, 15) is 30.0 Å². The van der Waals surface area contributed by atoms with E-state index in [0.717, 1.165) is 54.8 Å². The van der Waals surface area contributed by atoms with Crippen LogP contribution in [0.15, 0.2) is 17.8 Å². The molecule has 0 amide bonds. The Hall–Kier alpha value is -3.38. The topological polar surface area (TPSA) is 404 Å². The van der Waals surface area contributed by atoms with Crippen molar-refractivity contribution in [1.29, 1.82) is 0 Å². The zero-order valence-electron chi connectivity index (χ0n) is 76.0. The zero-order chi connectivity index (χ0) is 89.0. The Kier molecular flexibility index (Phi) is 63.7. The van der Waals surface area contributed by atoms with Crippen molar-refractivity contribution in [2.45, 2.75) is 168 Å². The lowest BCUT2D eigenvalue weighted by Crippen LogP contribution is -2.59. The fourth-order valence-corrected chi connectivity index (χ4v) is 16.4. The first-order chi connectivity index (χ1) is 61.2. The molecule has 2 heterocycles. The average molecular weight is 1800 g/mol. The molecule has 1 aromatic heterocycles. The molecule has 2 unspecified atom stereocenters. The molecule has 3 saturated carbocycles.